The minimum absolute atomic E-state index is 0.325. The molecular formula is C11H24N4O. The average molecular weight is 228 g/mol. The number of amidine groups is 1. The van der Waals surface area contributed by atoms with Gasteiger partial charge in [-0.1, -0.05) is 5.16 Å². The Morgan fingerprint density at radius 1 is 1.62 bits per heavy atom. The smallest absolute Gasteiger partial charge is 0.139 e. The lowest BCUT2D eigenvalue weighted by Crippen LogP contribution is -2.37. The van der Waals surface area contributed by atoms with Crippen LogP contribution < -0.4 is 5.73 Å². The van der Waals surface area contributed by atoms with Crippen molar-refractivity contribution in [1.82, 2.24) is 9.80 Å². The minimum atomic E-state index is 0.325. The fraction of sp³-hybridized carbons (Fsp3) is 0.909. The number of nitrogens with zero attached hydrogens (tertiary/aromatic N) is 3. The molecule has 5 nitrogen and oxygen atoms in total. The van der Waals surface area contributed by atoms with E-state index in [0.29, 0.717) is 18.3 Å². The molecule has 0 saturated carbocycles. The first-order chi connectivity index (χ1) is 7.63. The monoisotopic (exact) mass is 228 g/mol. The van der Waals surface area contributed by atoms with Gasteiger partial charge in [0.15, 0.2) is 0 Å². The minimum Gasteiger partial charge on any atom is -0.409 e. The number of oxime groups is 1. The lowest BCUT2D eigenvalue weighted by Gasteiger charge is -2.25. The van der Waals surface area contributed by atoms with E-state index in [4.69, 9.17) is 10.9 Å². The van der Waals surface area contributed by atoms with Crippen LogP contribution >= 0.6 is 0 Å². The predicted octanol–water partition coefficient (Wildman–Crippen LogP) is 0.539. The SMILES string of the molecule is CN(CCCC(N)=NO)CC1CCCN1C. The third-order valence-electron chi connectivity index (χ3n) is 3.30. The summed E-state index contributed by atoms with van der Waals surface area (Å²) < 4.78 is 0. The second-order valence-electron chi connectivity index (χ2n) is 4.73. The van der Waals surface area contributed by atoms with Gasteiger partial charge in [0.25, 0.3) is 0 Å². The van der Waals surface area contributed by atoms with Crippen LogP contribution in [0.1, 0.15) is 25.7 Å². The summed E-state index contributed by atoms with van der Waals surface area (Å²) in [5.41, 5.74) is 5.42. The number of nitrogens with two attached hydrogens (primary N) is 1. The van der Waals surface area contributed by atoms with Gasteiger partial charge in [0.05, 0.1) is 0 Å². The van der Waals surface area contributed by atoms with Gasteiger partial charge in [-0.15, -0.1) is 0 Å². The molecule has 1 fully saturated rings. The summed E-state index contributed by atoms with van der Waals surface area (Å²) in [4.78, 5) is 4.76. The van der Waals surface area contributed by atoms with Crippen molar-refractivity contribution in [3.8, 4) is 0 Å². The molecule has 0 aromatic carbocycles. The zero-order valence-corrected chi connectivity index (χ0v) is 10.4. The van der Waals surface area contributed by atoms with E-state index in [-0.39, 0.29) is 0 Å². The predicted molar refractivity (Wildman–Crippen MR) is 65.8 cm³/mol. The van der Waals surface area contributed by atoms with Gasteiger partial charge in [0, 0.05) is 19.0 Å². The highest BCUT2D eigenvalue weighted by Gasteiger charge is 2.21. The highest BCUT2D eigenvalue weighted by molar-refractivity contribution is 5.79. The van der Waals surface area contributed by atoms with Crippen LogP contribution in [0.15, 0.2) is 5.16 Å². The van der Waals surface area contributed by atoms with Crippen molar-refractivity contribution in [3.63, 3.8) is 0 Å². The first kappa shape index (κ1) is 13.3. The molecule has 0 aromatic heterocycles. The molecule has 1 saturated heterocycles. The Balaban J connectivity index is 2.13. The molecule has 0 spiro atoms. The molecule has 1 aliphatic rings. The van der Waals surface area contributed by atoms with Crippen molar-refractivity contribution in [2.24, 2.45) is 10.9 Å². The molecule has 1 rings (SSSR count). The van der Waals surface area contributed by atoms with Crippen LogP contribution in [-0.4, -0.2) is 60.6 Å². The van der Waals surface area contributed by atoms with Gasteiger partial charge < -0.3 is 20.7 Å². The van der Waals surface area contributed by atoms with E-state index in [2.05, 4.69) is 29.1 Å². The Bertz CT molecular complexity index is 232. The summed E-state index contributed by atoms with van der Waals surface area (Å²) in [5, 5.41) is 11.4. The Morgan fingerprint density at radius 2 is 2.38 bits per heavy atom. The Hall–Kier alpha value is -0.810. The van der Waals surface area contributed by atoms with E-state index < -0.39 is 0 Å². The molecule has 94 valence electrons. The number of hydrogen-bond acceptors (Lipinski definition) is 4. The van der Waals surface area contributed by atoms with E-state index in [0.717, 1.165) is 19.5 Å². The van der Waals surface area contributed by atoms with Crippen LogP contribution in [0.3, 0.4) is 0 Å². The Morgan fingerprint density at radius 3 is 2.94 bits per heavy atom. The van der Waals surface area contributed by atoms with Crippen molar-refractivity contribution in [1.29, 1.82) is 0 Å². The number of likely N-dealkylation sites (N-methyl/N-ethyl adjacent to an activating group) is 2. The standard InChI is InChI=1S/C11H24N4O/c1-14(7-4-6-11(12)13-16)9-10-5-3-8-15(10)2/h10,16H,3-9H2,1-2H3,(H2,12,13). The van der Waals surface area contributed by atoms with Crippen molar-refractivity contribution in [2.75, 3.05) is 33.7 Å². The second kappa shape index (κ2) is 6.70. The molecule has 0 aromatic rings. The van der Waals surface area contributed by atoms with Crippen LogP contribution in [0.4, 0.5) is 0 Å². The summed E-state index contributed by atoms with van der Waals surface area (Å²) in [5.74, 6) is 0.325. The van der Waals surface area contributed by atoms with Crippen molar-refractivity contribution in [2.45, 2.75) is 31.7 Å². The first-order valence-corrected chi connectivity index (χ1v) is 5.98. The van der Waals surface area contributed by atoms with Gasteiger partial charge in [-0.3, -0.25) is 0 Å². The maximum Gasteiger partial charge on any atom is 0.139 e. The summed E-state index contributed by atoms with van der Waals surface area (Å²) in [7, 11) is 4.33. The van der Waals surface area contributed by atoms with Crippen molar-refractivity contribution >= 4 is 5.84 Å². The molecule has 0 aliphatic carbocycles. The zero-order chi connectivity index (χ0) is 12.0. The summed E-state index contributed by atoms with van der Waals surface area (Å²) in [6.45, 7) is 3.34. The van der Waals surface area contributed by atoms with Crippen LogP contribution in [0.2, 0.25) is 0 Å². The molecule has 1 unspecified atom stereocenters. The fourth-order valence-corrected chi connectivity index (χ4v) is 2.24. The largest absolute Gasteiger partial charge is 0.409 e. The Kier molecular flexibility index (Phi) is 5.55. The van der Waals surface area contributed by atoms with E-state index in [9.17, 15) is 0 Å². The van der Waals surface area contributed by atoms with Gasteiger partial charge in [-0.2, -0.15) is 0 Å². The van der Waals surface area contributed by atoms with Crippen LogP contribution in [0.5, 0.6) is 0 Å². The average Bonchev–Trinajstić information content (AvgIpc) is 2.64. The molecule has 1 atom stereocenters. The summed E-state index contributed by atoms with van der Waals surface area (Å²) in [6, 6.07) is 0.703. The Labute approximate surface area is 97.9 Å². The summed E-state index contributed by atoms with van der Waals surface area (Å²) in [6.07, 6.45) is 4.24. The molecule has 3 N–H and O–H groups in total. The molecule has 16 heavy (non-hydrogen) atoms. The van der Waals surface area contributed by atoms with Gasteiger partial charge in [-0.25, -0.2) is 0 Å². The number of likely N-dealkylation sites (tertiary alicyclic amines) is 1. The zero-order valence-electron chi connectivity index (χ0n) is 10.4. The number of hydrogen-bond donors (Lipinski definition) is 2. The lowest BCUT2D eigenvalue weighted by atomic mass is 10.2. The molecule has 1 aliphatic heterocycles. The van der Waals surface area contributed by atoms with Crippen LogP contribution in [0, 0.1) is 0 Å². The van der Waals surface area contributed by atoms with E-state index >= 15 is 0 Å². The van der Waals surface area contributed by atoms with Crippen molar-refractivity contribution in [3.05, 3.63) is 0 Å². The highest BCUT2D eigenvalue weighted by Crippen LogP contribution is 2.15. The third-order valence-corrected chi connectivity index (χ3v) is 3.30. The van der Waals surface area contributed by atoms with Gasteiger partial charge in [0.2, 0.25) is 0 Å². The van der Waals surface area contributed by atoms with Crippen LogP contribution in [0.25, 0.3) is 0 Å². The maximum atomic E-state index is 8.41. The quantitative estimate of drug-likeness (QED) is 0.301. The lowest BCUT2D eigenvalue weighted by molar-refractivity contribution is 0.219. The molecular weight excluding hydrogens is 204 g/mol. The van der Waals surface area contributed by atoms with Crippen molar-refractivity contribution < 1.29 is 5.21 Å². The maximum absolute atomic E-state index is 8.41. The van der Waals surface area contributed by atoms with Crippen LogP contribution in [-0.2, 0) is 0 Å². The molecule has 1 heterocycles. The molecule has 5 heteroatoms. The van der Waals surface area contributed by atoms with E-state index in [1.54, 1.807) is 0 Å². The fourth-order valence-electron chi connectivity index (χ4n) is 2.24. The van der Waals surface area contributed by atoms with Gasteiger partial charge in [-0.05, 0) is 46.4 Å². The van der Waals surface area contributed by atoms with Gasteiger partial charge in [0.1, 0.15) is 5.84 Å². The molecule has 0 bridgehead atoms. The normalized spacial score (nSPS) is 23.2. The summed E-state index contributed by atoms with van der Waals surface area (Å²) >= 11 is 0. The number of rotatable bonds is 6. The molecule has 0 radical (unpaired) electrons. The van der Waals surface area contributed by atoms with Gasteiger partial charge >= 0.3 is 0 Å². The first-order valence-electron chi connectivity index (χ1n) is 5.98. The topological polar surface area (TPSA) is 65.1 Å². The highest BCUT2D eigenvalue weighted by atomic mass is 16.4. The molecule has 0 amide bonds. The third kappa shape index (κ3) is 4.37. The van der Waals surface area contributed by atoms with E-state index in [1.807, 2.05) is 0 Å². The van der Waals surface area contributed by atoms with E-state index in [1.165, 1.54) is 19.4 Å². The second-order valence-corrected chi connectivity index (χ2v) is 4.73.